The number of carbonyl (C=O) groups excluding carboxylic acids is 2. The fourth-order valence-corrected chi connectivity index (χ4v) is 6.38. The number of halogens is 2. The number of hydrazone groups is 1. The largest absolute Gasteiger partial charge is 0.460 e. The Morgan fingerprint density at radius 2 is 1.94 bits per heavy atom. The SMILES string of the molecule is CNCC(=O)OCc1cccnc1N(C)C(=O)OC(C)N1CNN=C1C[C@@H](O)C(Cc1cc(F)ccc1F)c1nc(-c2ccc(C#N)cc2)cs1.O. The average Bonchev–Trinajstić information content (AvgIpc) is 3.81. The van der Waals surface area contributed by atoms with Crippen LogP contribution >= 0.6 is 11.3 Å². The number of esters is 1. The number of rotatable bonds is 14. The zero-order valence-corrected chi connectivity index (χ0v) is 29.4. The van der Waals surface area contributed by atoms with Crippen molar-refractivity contribution in [3.8, 4) is 17.3 Å². The molecule has 274 valence electrons. The Kier molecular flexibility index (Phi) is 13.7. The summed E-state index contributed by atoms with van der Waals surface area (Å²) in [6, 6.07) is 15.5. The lowest BCUT2D eigenvalue weighted by Gasteiger charge is -2.30. The van der Waals surface area contributed by atoms with Gasteiger partial charge in [-0.2, -0.15) is 10.4 Å². The molecule has 3 atom stereocenters. The first-order chi connectivity index (χ1) is 24.6. The summed E-state index contributed by atoms with van der Waals surface area (Å²) in [6.45, 7) is 1.74. The number of nitrogens with one attached hydrogen (secondary N) is 2. The maximum atomic E-state index is 14.9. The maximum Gasteiger partial charge on any atom is 0.417 e. The number of anilines is 1. The molecule has 2 aromatic carbocycles. The number of likely N-dealkylation sites (N-methyl/N-ethyl adjacent to an activating group) is 1. The number of carbonyl (C=O) groups is 2. The highest BCUT2D eigenvalue weighted by molar-refractivity contribution is 7.10. The Labute approximate surface area is 302 Å². The van der Waals surface area contributed by atoms with E-state index in [4.69, 9.17) is 19.7 Å². The number of benzene rings is 2. The van der Waals surface area contributed by atoms with Crippen molar-refractivity contribution in [3.63, 3.8) is 0 Å². The highest BCUT2D eigenvalue weighted by atomic mass is 32.1. The average molecular weight is 737 g/mol. The van der Waals surface area contributed by atoms with Crippen LogP contribution in [0.15, 0.2) is 71.3 Å². The van der Waals surface area contributed by atoms with Crippen LogP contribution in [0.5, 0.6) is 0 Å². The van der Waals surface area contributed by atoms with E-state index < -0.39 is 41.9 Å². The molecule has 0 aliphatic carbocycles. The molecule has 4 aromatic rings. The predicted octanol–water partition coefficient (Wildman–Crippen LogP) is 3.67. The third-order valence-electron chi connectivity index (χ3n) is 8.11. The first kappa shape index (κ1) is 39.2. The number of nitrogens with zero attached hydrogens (tertiary/aromatic N) is 6. The Balaban J connectivity index is 0.00000605. The first-order valence-corrected chi connectivity index (χ1v) is 16.8. The molecule has 52 heavy (non-hydrogen) atoms. The van der Waals surface area contributed by atoms with Gasteiger partial charge in [0.25, 0.3) is 0 Å². The van der Waals surface area contributed by atoms with Crippen molar-refractivity contribution in [1.29, 1.82) is 5.26 Å². The normalized spacial score (nSPS) is 13.9. The van der Waals surface area contributed by atoms with Crippen LogP contribution in [0.1, 0.15) is 41.0 Å². The summed E-state index contributed by atoms with van der Waals surface area (Å²) in [5.74, 6) is -1.85. The van der Waals surface area contributed by atoms with Gasteiger partial charge >= 0.3 is 12.1 Å². The molecule has 0 saturated heterocycles. The molecule has 5 rings (SSSR count). The number of pyridine rings is 1. The Morgan fingerprint density at radius 1 is 1.17 bits per heavy atom. The zero-order chi connectivity index (χ0) is 36.5. The van der Waals surface area contributed by atoms with Gasteiger partial charge in [0.2, 0.25) is 0 Å². The molecule has 2 aromatic heterocycles. The number of nitriles is 1. The van der Waals surface area contributed by atoms with Crippen molar-refractivity contribution in [2.45, 2.75) is 44.6 Å². The van der Waals surface area contributed by atoms with Gasteiger partial charge in [-0.1, -0.05) is 18.2 Å². The van der Waals surface area contributed by atoms with E-state index in [1.54, 1.807) is 60.6 Å². The van der Waals surface area contributed by atoms with Crippen molar-refractivity contribution in [2.24, 2.45) is 5.10 Å². The van der Waals surface area contributed by atoms with Gasteiger partial charge in [-0.25, -0.2) is 23.5 Å². The number of hydrogen-bond donors (Lipinski definition) is 3. The van der Waals surface area contributed by atoms with E-state index in [0.29, 0.717) is 27.7 Å². The van der Waals surface area contributed by atoms with Gasteiger partial charge in [-0.3, -0.25) is 15.1 Å². The smallest absolute Gasteiger partial charge is 0.417 e. The molecule has 14 nitrogen and oxygen atoms in total. The predicted molar refractivity (Wildman–Crippen MR) is 189 cm³/mol. The Bertz CT molecular complexity index is 1920. The molecule has 17 heteroatoms. The van der Waals surface area contributed by atoms with Crippen LogP contribution in [0.3, 0.4) is 0 Å². The standard InChI is InChI=1S/C35H36F2N8O5S.H2O/c1-21(50-35(48)44(3)33-24(5-4-12-40-33)18-49-32(47)17-39-2)45-20-41-43-31(45)15-30(46)27(14-25-13-26(36)10-11-28(25)37)34-42-29(19-51-34)23-8-6-22(16-38)7-9-23;/h4-13,19,21,27,30,39,41,46H,14-15,17-18,20H2,1-3H3;1H2/t21?,27?,30-;/m1./s1. The summed E-state index contributed by atoms with van der Waals surface area (Å²) < 4.78 is 40.0. The minimum atomic E-state index is -1.17. The number of aliphatic hydroxyl groups is 1. The minimum Gasteiger partial charge on any atom is -0.460 e. The van der Waals surface area contributed by atoms with Crippen LogP contribution in [-0.4, -0.2) is 83.0 Å². The number of ether oxygens (including phenoxy) is 2. The second-order valence-corrected chi connectivity index (χ2v) is 12.5. The van der Waals surface area contributed by atoms with E-state index in [0.717, 1.165) is 23.8 Å². The number of aromatic nitrogens is 2. The summed E-state index contributed by atoms with van der Waals surface area (Å²) in [4.78, 5) is 37.0. The van der Waals surface area contributed by atoms with E-state index in [1.165, 1.54) is 29.5 Å². The summed E-state index contributed by atoms with van der Waals surface area (Å²) in [6.07, 6.45) is -1.36. The van der Waals surface area contributed by atoms with Crippen molar-refractivity contribution < 1.29 is 38.4 Å². The van der Waals surface area contributed by atoms with Gasteiger partial charge in [-0.15, -0.1) is 11.3 Å². The van der Waals surface area contributed by atoms with Gasteiger partial charge in [0.1, 0.15) is 36.6 Å². The molecule has 0 saturated carbocycles. The van der Waals surface area contributed by atoms with Crippen LogP contribution in [0.4, 0.5) is 19.4 Å². The van der Waals surface area contributed by atoms with Crippen molar-refractivity contribution in [1.82, 2.24) is 25.6 Å². The number of hydrogen-bond acceptors (Lipinski definition) is 13. The quantitative estimate of drug-likeness (QED) is 0.160. The second-order valence-electron chi connectivity index (χ2n) is 11.6. The summed E-state index contributed by atoms with van der Waals surface area (Å²) in [5.41, 5.74) is 5.28. The highest BCUT2D eigenvalue weighted by Gasteiger charge is 2.33. The lowest BCUT2D eigenvalue weighted by molar-refractivity contribution is -0.143. The monoisotopic (exact) mass is 736 g/mol. The molecule has 5 N–H and O–H groups in total. The Morgan fingerprint density at radius 3 is 2.67 bits per heavy atom. The zero-order valence-electron chi connectivity index (χ0n) is 28.5. The molecule has 1 aliphatic heterocycles. The molecular weight excluding hydrogens is 698 g/mol. The highest BCUT2D eigenvalue weighted by Crippen LogP contribution is 2.33. The van der Waals surface area contributed by atoms with E-state index in [1.807, 2.05) is 0 Å². The third-order valence-corrected chi connectivity index (χ3v) is 9.09. The lowest BCUT2D eigenvalue weighted by Crippen LogP contribution is -2.44. The van der Waals surface area contributed by atoms with Crippen LogP contribution in [0.25, 0.3) is 11.3 Å². The molecule has 0 fully saturated rings. The van der Waals surface area contributed by atoms with Gasteiger partial charge < -0.3 is 30.3 Å². The van der Waals surface area contributed by atoms with Gasteiger partial charge in [-0.05, 0) is 62.4 Å². The van der Waals surface area contributed by atoms with Crippen molar-refractivity contribution in [2.75, 3.05) is 32.2 Å². The second kappa shape index (κ2) is 18.1. The first-order valence-electron chi connectivity index (χ1n) is 15.9. The summed E-state index contributed by atoms with van der Waals surface area (Å²) in [7, 11) is 3.10. The molecule has 2 unspecified atom stereocenters. The van der Waals surface area contributed by atoms with E-state index in [2.05, 4.69) is 26.9 Å². The van der Waals surface area contributed by atoms with E-state index in [-0.39, 0.29) is 49.5 Å². The third kappa shape index (κ3) is 9.61. The van der Waals surface area contributed by atoms with Gasteiger partial charge in [0.15, 0.2) is 6.23 Å². The molecule has 1 aliphatic rings. The van der Waals surface area contributed by atoms with Crippen LogP contribution < -0.4 is 15.6 Å². The number of thiazole rings is 1. The Hall–Kier alpha value is -5.54. The topological polar surface area (TPSA) is 197 Å². The van der Waals surface area contributed by atoms with Crippen LogP contribution in [-0.2, 0) is 27.3 Å². The number of amides is 1. The summed E-state index contributed by atoms with van der Waals surface area (Å²) >= 11 is 1.27. The van der Waals surface area contributed by atoms with Crippen LogP contribution in [0, 0.1) is 23.0 Å². The molecule has 3 heterocycles. The molecule has 0 spiro atoms. The maximum absolute atomic E-state index is 14.9. The lowest BCUT2D eigenvalue weighted by atomic mass is 9.91. The van der Waals surface area contributed by atoms with Crippen molar-refractivity contribution in [3.05, 3.63) is 99.5 Å². The van der Waals surface area contributed by atoms with E-state index >= 15 is 0 Å². The van der Waals surface area contributed by atoms with E-state index in [9.17, 15) is 23.5 Å². The number of aliphatic hydroxyl groups excluding tert-OH is 1. The fraction of sp³-hybridized carbons (Fsp3) is 0.314. The van der Waals surface area contributed by atoms with Crippen LogP contribution in [0.2, 0.25) is 0 Å². The minimum absolute atomic E-state index is 0. The van der Waals surface area contributed by atoms with Gasteiger partial charge in [0.05, 0.1) is 35.0 Å². The molecule has 0 bridgehead atoms. The van der Waals surface area contributed by atoms with Crippen molar-refractivity contribution >= 4 is 35.1 Å². The summed E-state index contributed by atoms with van der Waals surface area (Å²) in [5, 5.41) is 30.2. The van der Waals surface area contributed by atoms with Gasteiger partial charge in [0, 0.05) is 42.1 Å². The molecule has 0 radical (unpaired) electrons. The number of amidine groups is 1. The fourth-order valence-electron chi connectivity index (χ4n) is 5.39. The molecule has 1 amide bonds. The molecular formula is C35H38F2N8O6S.